The molecule has 10 heteroatoms. The highest BCUT2D eigenvalue weighted by Crippen LogP contribution is 2.29. The monoisotopic (exact) mass is 496 g/mol. The number of nitrogens with zero attached hydrogens (tertiary/aromatic N) is 4. The van der Waals surface area contributed by atoms with Gasteiger partial charge in [0.25, 0.3) is 5.69 Å². The van der Waals surface area contributed by atoms with E-state index in [4.69, 9.17) is 21.1 Å². The van der Waals surface area contributed by atoms with Crippen LogP contribution in [0, 0.1) is 17.0 Å². The largest absolute Gasteiger partial charge is 0.497 e. The van der Waals surface area contributed by atoms with Gasteiger partial charge in [0.05, 0.1) is 17.7 Å². The van der Waals surface area contributed by atoms with Gasteiger partial charge in [-0.25, -0.2) is 0 Å². The topological polar surface area (TPSA) is 92.3 Å². The number of hydrogen-bond acceptors (Lipinski definition) is 7. The van der Waals surface area contributed by atoms with Gasteiger partial charge in [-0.1, -0.05) is 41.6 Å². The Morgan fingerprint density at radius 3 is 2.38 bits per heavy atom. The molecular weight excluding hydrogens is 476 g/mol. The van der Waals surface area contributed by atoms with E-state index in [0.717, 1.165) is 22.6 Å². The smallest absolute Gasteiger partial charge is 0.269 e. The lowest BCUT2D eigenvalue weighted by molar-refractivity contribution is -0.384. The van der Waals surface area contributed by atoms with Crippen molar-refractivity contribution < 1.29 is 14.4 Å². The molecule has 0 N–H and O–H groups in total. The maximum atomic E-state index is 10.9. The summed E-state index contributed by atoms with van der Waals surface area (Å²) in [6.45, 7) is 2.14. The van der Waals surface area contributed by atoms with Crippen LogP contribution in [0.2, 0.25) is 5.02 Å². The van der Waals surface area contributed by atoms with Gasteiger partial charge in [0, 0.05) is 22.9 Å². The SMILES string of the molecule is COc1ccc(OCc2nnc(SCc3ccc([N+](=O)[O-])cc3)n2-c2ccc(C)c(Cl)c2)cc1. The van der Waals surface area contributed by atoms with Crippen LogP contribution >= 0.6 is 23.4 Å². The summed E-state index contributed by atoms with van der Waals surface area (Å²) < 4.78 is 13.0. The summed E-state index contributed by atoms with van der Waals surface area (Å²) >= 11 is 7.86. The van der Waals surface area contributed by atoms with Crippen LogP contribution < -0.4 is 9.47 Å². The Balaban J connectivity index is 1.58. The molecule has 34 heavy (non-hydrogen) atoms. The number of nitro benzene ring substituents is 1. The molecule has 3 aromatic carbocycles. The second-order valence-electron chi connectivity index (χ2n) is 7.34. The molecule has 8 nitrogen and oxygen atoms in total. The summed E-state index contributed by atoms with van der Waals surface area (Å²) in [6, 6.07) is 19.5. The first-order chi connectivity index (χ1) is 16.4. The quantitative estimate of drug-likeness (QED) is 0.159. The van der Waals surface area contributed by atoms with Crippen LogP contribution in [0.5, 0.6) is 11.5 Å². The molecule has 0 atom stereocenters. The van der Waals surface area contributed by atoms with Gasteiger partial charge in [0.1, 0.15) is 18.1 Å². The van der Waals surface area contributed by atoms with E-state index >= 15 is 0 Å². The van der Waals surface area contributed by atoms with Crippen LogP contribution in [-0.4, -0.2) is 26.8 Å². The number of rotatable bonds is 9. The van der Waals surface area contributed by atoms with E-state index in [1.54, 1.807) is 19.2 Å². The molecule has 1 heterocycles. The highest BCUT2D eigenvalue weighted by atomic mass is 35.5. The molecule has 174 valence electrons. The van der Waals surface area contributed by atoms with Gasteiger partial charge in [0.15, 0.2) is 11.0 Å². The highest BCUT2D eigenvalue weighted by molar-refractivity contribution is 7.98. The van der Waals surface area contributed by atoms with Gasteiger partial charge in [-0.2, -0.15) is 0 Å². The number of thioether (sulfide) groups is 1. The van der Waals surface area contributed by atoms with Crippen LogP contribution in [0.1, 0.15) is 17.0 Å². The van der Waals surface area contributed by atoms with Gasteiger partial charge >= 0.3 is 0 Å². The first kappa shape index (κ1) is 23.6. The zero-order valence-electron chi connectivity index (χ0n) is 18.5. The van der Waals surface area contributed by atoms with Crippen LogP contribution in [0.15, 0.2) is 71.9 Å². The third kappa shape index (κ3) is 5.49. The van der Waals surface area contributed by atoms with Crippen molar-refractivity contribution >= 4 is 29.1 Å². The van der Waals surface area contributed by atoms with Crippen LogP contribution in [-0.2, 0) is 12.4 Å². The van der Waals surface area contributed by atoms with Crippen molar-refractivity contribution in [2.24, 2.45) is 0 Å². The van der Waals surface area contributed by atoms with Crippen LogP contribution in [0.4, 0.5) is 5.69 Å². The molecule has 0 bridgehead atoms. The summed E-state index contributed by atoms with van der Waals surface area (Å²) in [7, 11) is 1.61. The fourth-order valence-corrected chi connectivity index (χ4v) is 4.25. The van der Waals surface area contributed by atoms with E-state index in [1.165, 1.54) is 23.9 Å². The first-order valence-corrected chi connectivity index (χ1v) is 11.6. The second kappa shape index (κ2) is 10.6. The van der Waals surface area contributed by atoms with Crippen molar-refractivity contribution in [1.29, 1.82) is 0 Å². The van der Waals surface area contributed by atoms with Gasteiger partial charge in [-0.15, -0.1) is 10.2 Å². The Labute approximate surface area is 205 Å². The molecule has 0 aliphatic rings. The Hall–Kier alpha value is -3.56. The predicted octanol–water partition coefficient (Wildman–Crippen LogP) is 6.02. The van der Waals surface area contributed by atoms with E-state index < -0.39 is 4.92 Å². The third-order valence-corrected chi connectivity index (χ3v) is 6.46. The molecule has 0 fully saturated rings. The fourth-order valence-electron chi connectivity index (χ4n) is 3.15. The molecule has 0 aliphatic heterocycles. The van der Waals surface area contributed by atoms with Gasteiger partial charge < -0.3 is 9.47 Å². The van der Waals surface area contributed by atoms with Crippen LogP contribution in [0.3, 0.4) is 0 Å². The van der Waals surface area contributed by atoms with Crippen LogP contribution in [0.25, 0.3) is 5.69 Å². The van der Waals surface area contributed by atoms with Crippen molar-refractivity contribution in [3.8, 4) is 17.2 Å². The summed E-state index contributed by atoms with van der Waals surface area (Å²) in [5, 5.41) is 20.9. The van der Waals surface area contributed by atoms with Crippen molar-refractivity contribution in [3.05, 3.63) is 98.8 Å². The number of aryl methyl sites for hydroxylation is 1. The minimum absolute atomic E-state index is 0.0594. The number of aromatic nitrogens is 3. The molecular formula is C24H21ClN4O4S. The third-order valence-electron chi connectivity index (χ3n) is 5.06. The van der Waals surface area contributed by atoms with Gasteiger partial charge in [-0.3, -0.25) is 14.7 Å². The van der Waals surface area contributed by atoms with E-state index in [-0.39, 0.29) is 12.3 Å². The molecule has 0 saturated heterocycles. The molecule has 4 rings (SSSR count). The Bertz CT molecular complexity index is 1290. The maximum absolute atomic E-state index is 10.9. The summed E-state index contributed by atoms with van der Waals surface area (Å²) in [5.74, 6) is 2.60. The summed E-state index contributed by atoms with van der Waals surface area (Å²) in [4.78, 5) is 10.5. The number of halogens is 1. The fraction of sp³-hybridized carbons (Fsp3) is 0.167. The lowest BCUT2D eigenvalue weighted by atomic mass is 10.2. The lowest BCUT2D eigenvalue weighted by Gasteiger charge is -2.12. The molecule has 0 saturated carbocycles. The average Bonchev–Trinajstić information content (AvgIpc) is 3.26. The van der Waals surface area contributed by atoms with Crippen molar-refractivity contribution in [2.75, 3.05) is 7.11 Å². The standard InChI is InChI=1S/C24H21ClN4O4S/c1-16-3-6-19(13-22(16)25)28-23(14-33-21-11-9-20(32-2)10-12-21)26-27-24(28)34-15-17-4-7-18(8-5-17)29(30)31/h3-13H,14-15H2,1-2H3. The molecule has 1 aromatic heterocycles. The molecule has 0 amide bonds. The van der Waals surface area contributed by atoms with Gasteiger partial charge in [0.2, 0.25) is 0 Å². The average molecular weight is 497 g/mol. The minimum atomic E-state index is -0.413. The number of hydrogen-bond donors (Lipinski definition) is 0. The molecule has 0 aliphatic carbocycles. The zero-order valence-corrected chi connectivity index (χ0v) is 20.0. The number of nitro groups is 1. The summed E-state index contributed by atoms with van der Waals surface area (Å²) in [6.07, 6.45) is 0. The number of methoxy groups -OCH3 is 1. The van der Waals surface area contributed by atoms with E-state index in [9.17, 15) is 10.1 Å². The first-order valence-electron chi connectivity index (χ1n) is 10.3. The Morgan fingerprint density at radius 1 is 1.03 bits per heavy atom. The minimum Gasteiger partial charge on any atom is -0.497 e. The summed E-state index contributed by atoms with van der Waals surface area (Å²) in [5.41, 5.74) is 2.78. The van der Waals surface area contributed by atoms with E-state index in [0.29, 0.717) is 27.5 Å². The van der Waals surface area contributed by atoms with Crippen molar-refractivity contribution in [1.82, 2.24) is 14.8 Å². The number of benzene rings is 3. The molecule has 0 unspecified atom stereocenters. The van der Waals surface area contributed by atoms with Gasteiger partial charge in [-0.05, 0) is 54.4 Å². The highest BCUT2D eigenvalue weighted by Gasteiger charge is 2.17. The molecule has 0 spiro atoms. The second-order valence-corrected chi connectivity index (χ2v) is 8.69. The molecule has 4 aromatic rings. The van der Waals surface area contributed by atoms with Crippen molar-refractivity contribution in [2.45, 2.75) is 24.4 Å². The Kier molecular flexibility index (Phi) is 7.34. The van der Waals surface area contributed by atoms with Crippen molar-refractivity contribution in [3.63, 3.8) is 0 Å². The van der Waals surface area contributed by atoms with E-state index in [2.05, 4.69) is 10.2 Å². The lowest BCUT2D eigenvalue weighted by Crippen LogP contribution is -2.07. The Morgan fingerprint density at radius 2 is 1.74 bits per heavy atom. The normalized spacial score (nSPS) is 10.8. The molecule has 0 radical (unpaired) electrons. The van der Waals surface area contributed by atoms with E-state index in [1.807, 2.05) is 54.0 Å². The maximum Gasteiger partial charge on any atom is 0.269 e. The number of ether oxygens (including phenoxy) is 2. The number of non-ortho nitro benzene ring substituents is 1. The zero-order chi connectivity index (χ0) is 24.1. The predicted molar refractivity (Wildman–Crippen MR) is 131 cm³/mol.